The third kappa shape index (κ3) is 3.71. The lowest BCUT2D eigenvalue weighted by Gasteiger charge is -2.05. The molecule has 6 nitrogen and oxygen atoms in total. The summed E-state index contributed by atoms with van der Waals surface area (Å²) in [7, 11) is 0. The van der Waals surface area contributed by atoms with Crippen LogP contribution in [0.4, 0.5) is 0 Å². The largest absolute Gasteiger partial charge is 0.508 e. The number of hydrogen-bond acceptors (Lipinski definition) is 4. The van der Waals surface area contributed by atoms with Crippen LogP contribution in [0, 0.1) is 0 Å². The number of fused-ring (bicyclic) bond motifs is 1. The first-order chi connectivity index (χ1) is 13.6. The molecule has 140 valence electrons. The van der Waals surface area contributed by atoms with Crippen LogP contribution < -0.4 is 0 Å². The molecule has 0 radical (unpaired) electrons. The Morgan fingerprint density at radius 1 is 1.00 bits per heavy atom. The maximum Gasteiger partial charge on any atom is 0.336 e. The van der Waals surface area contributed by atoms with Crippen molar-refractivity contribution in [1.29, 1.82) is 0 Å². The summed E-state index contributed by atoms with van der Waals surface area (Å²) in [6.07, 6.45) is 2.10. The Morgan fingerprint density at radius 3 is 2.14 bits per heavy atom. The highest BCUT2D eigenvalue weighted by Gasteiger charge is 2.30. The number of pyridine rings is 1. The molecular weight excluding hydrogens is 354 g/mol. The molecule has 0 saturated heterocycles. The van der Waals surface area contributed by atoms with Gasteiger partial charge in [0.05, 0.1) is 16.6 Å². The van der Waals surface area contributed by atoms with E-state index in [4.69, 9.17) is 0 Å². The maximum absolute atomic E-state index is 11.6. The number of carboxylic acid groups (broad SMARTS) is 1. The first-order valence-corrected chi connectivity index (χ1v) is 9.05. The van der Waals surface area contributed by atoms with E-state index in [0.29, 0.717) is 22.6 Å². The smallest absolute Gasteiger partial charge is 0.336 e. The normalized spacial score (nSPS) is 13.0. The summed E-state index contributed by atoms with van der Waals surface area (Å²) in [5.41, 5.74) is 2.77. The van der Waals surface area contributed by atoms with Crippen molar-refractivity contribution >= 4 is 17.0 Å². The fraction of sp³-hybridized carbons (Fsp3) is 0.136. The number of rotatable bonds is 3. The molecule has 3 N–H and O–H groups in total. The molecule has 6 heteroatoms. The summed E-state index contributed by atoms with van der Waals surface area (Å²) in [5, 5.41) is 26.6. The number of carbonyl (C=O) groups is 1. The zero-order chi connectivity index (χ0) is 19.5. The number of carboxylic acids is 1. The lowest BCUT2D eigenvalue weighted by molar-refractivity contribution is 0.0699. The summed E-state index contributed by atoms with van der Waals surface area (Å²) in [4.78, 5) is 16.1. The number of aromatic amines is 1. The highest BCUT2D eigenvalue weighted by molar-refractivity contribution is 6.04. The van der Waals surface area contributed by atoms with Gasteiger partial charge in [-0.2, -0.15) is 5.10 Å². The number of aromatic hydroxyl groups is 1. The van der Waals surface area contributed by atoms with Crippen LogP contribution in [0.15, 0.2) is 66.7 Å². The molecule has 0 bridgehead atoms. The van der Waals surface area contributed by atoms with E-state index >= 15 is 0 Å². The predicted molar refractivity (Wildman–Crippen MR) is 106 cm³/mol. The molecule has 2 aromatic carbocycles. The average Bonchev–Trinajstić information content (AvgIpc) is 3.48. The fourth-order valence-corrected chi connectivity index (χ4v) is 3.05. The third-order valence-corrected chi connectivity index (χ3v) is 4.60. The van der Waals surface area contributed by atoms with E-state index in [1.807, 2.05) is 36.4 Å². The van der Waals surface area contributed by atoms with E-state index < -0.39 is 5.97 Å². The van der Waals surface area contributed by atoms with Crippen LogP contribution in [0.2, 0.25) is 0 Å². The van der Waals surface area contributed by atoms with Gasteiger partial charge in [-0.3, -0.25) is 5.10 Å². The number of benzene rings is 2. The molecule has 1 aliphatic carbocycles. The Morgan fingerprint density at radius 2 is 1.61 bits per heavy atom. The van der Waals surface area contributed by atoms with Crippen LogP contribution in [-0.4, -0.2) is 31.4 Å². The predicted octanol–water partition coefficient (Wildman–Crippen LogP) is 4.59. The maximum atomic E-state index is 11.6. The van der Waals surface area contributed by atoms with E-state index in [1.165, 1.54) is 0 Å². The summed E-state index contributed by atoms with van der Waals surface area (Å²) in [5.74, 6) is -0.473. The van der Waals surface area contributed by atoms with Gasteiger partial charge >= 0.3 is 5.97 Å². The average molecular weight is 373 g/mol. The van der Waals surface area contributed by atoms with Gasteiger partial charge in [0.1, 0.15) is 5.75 Å². The minimum atomic E-state index is -0.990. The molecule has 2 aromatic heterocycles. The number of aromatic nitrogens is 3. The SMILES string of the molecule is O=C(O)c1cc(-c2ccc(O)cc2)nc2n[nH]c(C3CC3)c12.c1ccccc1. The van der Waals surface area contributed by atoms with E-state index in [9.17, 15) is 15.0 Å². The van der Waals surface area contributed by atoms with Gasteiger partial charge in [0.15, 0.2) is 5.65 Å². The number of hydrogen-bond donors (Lipinski definition) is 3. The van der Waals surface area contributed by atoms with Crippen LogP contribution in [0.25, 0.3) is 22.3 Å². The monoisotopic (exact) mass is 373 g/mol. The molecule has 1 saturated carbocycles. The fourth-order valence-electron chi connectivity index (χ4n) is 3.05. The zero-order valence-electron chi connectivity index (χ0n) is 15.0. The molecule has 0 atom stereocenters. The van der Waals surface area contributed by atoms with Crippen molar-refractivity contribution in [2.24, 2.45) is 0 Å². The Balaban J connectivity index is 0.000000275. The Kier molecular flexibility index (Phi) is 4.76. The van der Waals surface area contributed by atoms with Crippen molar-refractivity contribution in [2.75, 3.05) is 0 Å². The number of phenolic OH excluding ortho intramolecular Hbond substituents is 1. The second-order valence-electron chi connectivity index (χ2n) is 6.67. The molecule has 0 amide bonds. The standard InChI is InChI=1S/C16H13N3O3.C6H6/c20-10-5-3-8(4-6-10)12-7-11(16(21)22)13-14(9-1-2-9)18-19-15(13)17-12;1-2-4-6-5-3-1/h3-7,9,20H,1-2H2,(H,21,22)(H,17,18,19);1-6H. The summed E-state index contributed by atoms with van der Waals surface area (Å²) in [6.45, 7) is 0. The zero-order valence-corrected chi connectivity index (χ0v) is 15.0. The van der Waals surface area contributed by atoms with Gasteiger partial charge in [-0.05, 0) is 43.2 Å². The molecule has 4 aromatic rings. The second-order valence-corrected chi connectivity index (χ2v) is 6.67. The van der Waals surface area contributed by atoms with Crippen LogP contribution in [0.5, 0.6) is 5.75 Å². The van der Waals surface area contributed by atoms with Gasteiger partial charge in [0.2, 0.25) is 0 Å². The Hall–Kier alpha value is -3.67. The molecule has 1 fully saturated rings. The quantitative estimate of drug-likeness (QED) is 0.488. The van der Waals surface area contributed by atoms with E-state index in [0.717, 1.165) is 24.1 Å². The van der Waals surface area contributed by atoms with Crippen molar-refractivity contribution < 1.29 is 15.0 Å². The Bertz CT molecular complexity index is 1070. The summed E-state index contributed by atoms with van der Waals surface area (Å²) >= 11 is 0. The summed E-state index contributed by atoms with van der Waals surface area (Å²) < 4.78 is 0. The molecule has 5 rings (SSSR count). The highest BCUT2D eigenvalue weighted by atomic mass is 16.4. The first-order valence-electron chi connectivity index (χ1n) is 9.05. The number of aromatic carboxylic acids is 1. The van der Waals surface area contributed by atoms with Crippen LogP contribution in [0.1, 0.15) is 34.8 Å². The topological polar surface area (TPSA) is 99.1 Å². The molecule has 28 heavy (non-hydrogen) atoms. The first kappa shape index (κ1) is 17.7. The molecule has 1 aliphatic rings. The van der Waals surface area contributed by atoms with Gasteiger partial charge in [0.25, 0.3) is 0 Å². The molecule has 2 heterocycles. The van der Waals surface area contributed by atoms with Crippen LogP contribution in [-0.2, 0) is 0 Å². The molecular formula is C22H19N3O3. The summed E-state index contributed by atoms with van der Waals surface area (Å²) in [6, 6.07) is 20.1. The third-order valence-electron chi connectivity index (χ3n) is 4.60. The number of H-pyrrole nitrogens is 1. The van der Waals surface area contributed by atoms with Crippen molar-refractivity contribution in [2.45, 2.75) is 18.8 Å². The van der Waals surface area contributed by atoms with Gasteiger partial charge < -0.3 is 10.2 Å². The van der Waals surface area contributed by atoms with Crippen LogP contribution in [0.3, 0.4) is 0 Å². The lowest BCUT2D eigenvalue weighted by atomic mass is 10.0. The minimum Gasteiger partial charge on any atom is -0.508 e. The van der Waals surface area contributed by atoms with Gasteiger partial charge in [-0.15, -0.1) is 0 Å². The van der Waals surface area contributed by atoms with Crippen LogP contribution >= 0.6 is 0 Å². The molecule has 0 unspecified atom stereocenters. The second kappa shape index (κ2) is 7.52. The number of nitrogens with one attached hydrogen (secondary N) is 1. The van der Waals surface area contributed by atoms with Crippen molar-refractivity contribution in [3.63, 3.8) is 0 Å². The minimum absolute atomic E-state index is 0.152. The lowest BCUT2D eigenvalue weighted by Crippen LogP contribution is -2.00. The van der Waals surface area contributed by atoms with Crippen molar-refractivity contribution in [1.82, 2.24) is 15.2 Å². The van der Waals surface area contributed by atoms with Crippen molar-refractivity contribution in [3.05, 3.63) is 78.0 Å². The molecule has 0 aliphatic heterocycles. The van der Waals surface area contributed by atoms with Gasteiger partial charge in [0, 0.05) is 17.2 Å². The number of phenols is 1. The van der Waals surface area contributed by atoms with Gasteiger partial charge in [-0.1, -0.05) is 36.4 Å². The van der Waals surface area contributed by atoms with E-state index in [2.05, 4.69) is 15.2 Å². The van der Waals surface area contributed by atoms with Gasteiger partial charge in [-0.25, -0.2) is 9.78 Å². The number of nitrogens with zero attached hydrogens (tertiary/aromatic N) is 2. The highest BCUT2D eigenvalue weighted by Crippen LogP contribution is 2.43. The Labute approximate surface area is 161 Å². The van der Waals surface area contributed by atoms with E-state index in [-0.39, 0.29) is 11.3 Å². The van der Waals surface area contributed by atoms with E-state index in [1.54, 1.807) is 30.3 Å². The van der Waals surface area contributed by atoms with Crippen molar-refractivity contribution in [3.8, 4) is 17.0 Å². The molecule has 0 spiro atoms.